The summed E-state index contributed by atoms with van der Waals surface area (Å²) >= 11 is 1.66. The largest absolute Gasteiger partial charge is 0.481 e. The van der Waals surface area contributed by atoms with Crippen LogP contribution in [0.1, 0.15) is 17.5 Å². The highest BCUT2D eigenvalue weighted by atomic mass is 32.1. The second-order valence-corrected chi connectivity index (χ2v) is 4.80. The molecule has 0 amide bonds. The molecule has 0 aliphatic rings. The molecule has 0 aromatic carbocycles. The zero-order valence-electron chi connectivity index (χ0n) is 10.7. The summed E-state index contributed by atoms with van der Waals surface area (Å²) in [7, 11) is 3.53. The van der Waals surface area contributed by atoms with Gasteiger partial charge in [-0.3, -0.25) is 0 Å². The fourth-order valence-electron chi connectivity index (χ4n) is 1.64. The molecule has 0 saturated heterocycles. The van der Waals surface area contributed by atoms with Gasteiger partial charge in [-0.15, -0.1) is 11.3 Å². The molecule has 5 nitrogen and oxygen atoms in total. The van der Waals surface area contributed by atoms with Crippen molar-refractivity contribution in [3.8, 4) is 16.6 Å². The first-order valence-electron chi connectivity index (χ1n) is 5.78. The number of aryl methyl sites for hydroxylation is 1. The molecule has 2 aromatic heterocycles. The normalized spacial score (nSPS) is 10.6. The zero-order chi connectivity index (χ0) is 13.0. The predicted octanol–water partition coefficient (Wildman–Crippen LogP) is 1.89. The molecular formula is C12H16N4OS. The van der Waals surface area contributed by atoms with Crippen LogP contribution in [-0.2, 0) is 13.0 Å². The van der Waals surface area contributed by atoms with Crippen LogP contribution in [0.4, 0.5) is 0 Å². The Kier molecular flexibility index (Phi) is 4.22. The van der Waals surface area contributed by atoms with Gasteiger partial charge in [0.2, 0.25) is 5.88 Å². The number of thiazole rings is 1. The van der Waals surface area contributed by atoms with Gasteiger partial charge >= 0.3 is 0 Å². The lowest BCUT2D eigenvalue weighted by Gasteiger charge is -1.98. The summed E-state index contributed by atoms with van der Waals surface area (Å²) in [6, 6.07) is 1.81. The summed E-state index contributed by atoms with van der Waals surface area (Å²) in [6.07, 6.45) is 2.43. The van der Waals surface area contributed by atoms with Crippen molar-refractivity contribution in [2.75, 3.05) is 14.2 Å². The van der Waals surface area contributed by atoms with Crippen LogP contribution in [0, 0.1) is 0 Å². The molecule has 96 valence electrons. The molecule has 6 heteroatoms. The zero-order valence-corrected chi connectivity index (χ0v) is 11.5. The number of methoxy groups -OCH3 is 1. The lowest BCUT2D eigenvalue weighted by molar-refractivity contribution is 0.397. The van der Waals surface area contributed by atoms with Crippen LogP contribution in [0.5, 0.6) is 5.88 Å². The Balaban J connectivity index is 2.37. The van der Waals surface area contributed by atoms with Gasteiger partial charge in [-0.05, 0) is 13.5 Å². The number of ether oxygens (including phenoxy) is 1. The van der Waals surface area contributed by atoms with Crippen molar-refractivity contribution >= 4 is 11.3 Å². The van der Waals surface area contributed by atoms with Crippen molar-refractivity contribution in [1.29, 1.82) is 0 Å². The number of hydrogen-bond donors (Lipinski definition) is 1. The van der Waals surface area contributed by atoms with Gasteiger partial charge in [0.1, 0.15) is 17.0 Å². The van der Waals surface area contributed by atoms with E-state index in [4.69, 9.17) is 4.74 Å². The Hall–Kier alpha value is -1.53. The van der Waals surface area contributed by atoms with Gasteiger partial charge in [0, 0.05) is 17.5 Å². The van der Waals surface area contributed by atoms with Gasteiger partial charge in [-0.25, -0.2) is 15.0 Å². The van der Waals surface area contributed by atoms with Gasteiger partial charge in [-0.1, -0.05) is 6.92 Å². The van der Waals surface area contributed by atoms with E-state index in [1.807, 2.05) is 7.05 Å². The minimum Gasteiger partial charge on any atom is -0.481 e. The minimum absolute atomic E-state index is 0.559. The number of rotatable bonds is 5. The highest BCUT2D eigenvalue weighted by Gasteiger charge is 2.12. The first-order chi connectivity index (χ1) is 8.78. The van der Waals surface area contributed by atoms with Crippen molar-refractivity contribution in [3.05, 3.63) is 23.0 Å². The van der Waals surface area contributed by atoms with Crippen molar-refractivity contribution in [3.63, 3.8) is 0 Å². The van der Waals surface area contributed by atoms with E-state index < -0.39 is 0 Å². The Labute approximate surface area is 110 Å². The van der Waals surface area contributed by atoms with Gasteiger partial charge in [-0.2, -0.15) is 0 Å². The van der Waals surface area contributed by atoms with Crippen molar-refractivity contribution < 1.29 is 4.74 Å². The molecule has 0 fully saturated rings. The Morgan fingerprint density at radius 1 is 1.39 bits per heavy atom. The summed E-state index contributed by atoms with van der Waals surface area (Å²) < 4.78 is 5.10. The van der Waals surface area contributed by atoms with E-state index in [1.165, 1.54) is 11.2 Å². The fraction of sp³-hybridized carbons (Fsp3) is 0.417. The topological polar surface area (TPSA) is 59.9 Å². The molecule has 0 saturated carbocycles. The van der Waals surface area contributed by atoms with E-state index in [9.17, 15) is 0 Å². The smallest absolute Gasteiger partial charge is 0.216 e. The second kappa shape index (κ2) is 5.88. The molecule has 2 heterocycles. The molecule has 2 rings (SSSR count). The van der Waals surface area contributed by atoms with Gasteiger partial charge in [0.05, 0.1) is 12.8 Å². The molecule has 0 spiro atoms. The van der Waals surface area contributed by atoms with Crippen LogP contribution in [-0.4, -0.2) is 29.1 Å². The molecule has 18 heavy (non-hydrogen) atoms. The summed E-state index contributed by atoms with van der Waals surface area (Å²) in [5.41, 5.74) is 1.94. The predicted molar refractivity (Wildman–Crippen MR) is 71.8 cm³/mol. The van der Waals surface area contributed by atoms with Gasteiger partial charge in [0.25, 0.3) is 0 Å². The van der Waals surface area contributed by atoms with Crippen LogP contribution in [0.3, 0.4) is 0 Å². The van der Waals surface area contributed by atoms with E-state index >= 15 is 0 Å². The van der Waals surface area contributed by atoms with Crippen LogP contribution in [0.2, 0.25) is 0 Å². The minimum atomic E-state index is 0.559. The second-order valence-electron chi connectivity index (χ2n) is 3.72. The average Bonchev–Trinajstić information content (AvgIpc) is 2.82. The fourth-order valence-corrected chi connectivity index (χ4v) is 2.77. The van der Waals surface area contributed by atoms with Crippen LogP contribution >= 0.6 is 11.3 Å². The number of nitrogens with one attached hydrogen (secondary N) is 1. The van der Waals surface area contributed by atoms with Crippen LogP contribution in [0.15, 0.2) is 12.4 Å². The SMILES string of the molecule is CCc1nc(-c2cc(OC)ncn2)sc1CNC. The summed E-state index contributed by atoms with van der Waals surface area (Å²) in [4.78, 5) is 14.1. The first-order valence-corrected chi connectivity index (χ1v) is 6.59. The summed E-state index contributed by atoms with van der Waals surface area (Å²) in [6.45, 7) is 2.95. The summed E-state index contributed by atoms with van der Waals surface area (Å²) in [5, 5.41) is 4.07. The maximum Gasteiger partial charge on any atom is 0.216 e. The average molecular weight is 264 g/mol. The van der Waals surface area contributed by atoms with Gasteiger partial charge in [0.15, 0.2) is 0 Å². The maximum absolute atomic E-state index is 5.10. The Morgan fingerprint density at radius 3 is 2.89 bits per heavy atom. The molecule has 2 aromatic rings. The molecule has 0 unspecified atom stereocenters. The third-order valence-corrected chi connectivity index (χ3v) is 3.64. The van der Waals surface area contributed by atoms with Crippen molar-refractivity contribution in [1.82, 2.24) is 20.3 Å². The molecule has 1 N–H and O–H groups in total. The lowest BCUT2D eigenvalue weighted by atomic mass is 10.3. The maximum atomic E-state index is 5.10. The van der Waals surface area contributed by atoms with Crippen molar-refractivity contribution in [2.24, 2.45) is 0 Å². The monoisotopic (exact) mass is 264 g/mol. The molecule has 0 bridgehead atoms. The number of nitrogens with zero attached hydrogens (tertiary/aromatic N) is 3. The third kappa shape index (κ3) is 2.65. The Bertz CT molecular complexity index is 527. The quantitative estimate of drug-likeness (QED) is 0.893. The van der Waals surface area contributed by atoms with E-state index in [1.54, 1.807) is 24.5 Å². The third-order valence-electron chi connectivity index (χ3n) is 2.52. The lowest BCUT2D eigenvalue weighted by Crippen LogP contribution is -2.05. The standard InChI is InChI=1S/C12H16N4OS/c1-4-8-10(6-13-2)18-12(16-8)9-5-11(17-3)15-7-14-9/h5,7,13H,4,6H2,1-3H3. The summed E-state index contributed by atoms with van der Waals surface area (Å²) in [5.74, 6) is 0.559. The van der Waals surface area contributed by atoms with E-state index in [2.05, 4.69) is 27.2 Å². The highest BCUT2D eigenvalue weighted by Crippen LogP contribution is 2.28. The van der Waals surface area contributed by atoms with E-state index in [-0.39, 0.29) is 0 Å². The number of aromatic nitrogens is 3. The molecule has 0 aliphatic carbocycles. The van der Waals surface area contributed by atoms with E-state index in [0.717, 1.165) is 29.4 Å². The Morgan fingerprint density at radius 2 is 2.22 bits per heavy atom. The van der Waals surface area contributed by atoms with Gasteiger partial charge < -0.3 is 10.1 Å². The molecule has 0 radical (unpaired) electrons. The molecule has 0 atom stereocenters. The molecule has 0 aliphatic heterocycles. The van der Waals surface area contributed by atoms with E-state index in [0.29, 0.717) is 5.88 Å². The van der Waals surface area contributed by atoms with Crippen LogP contribution in [0.25, 0.3) is 10.7 Å². The number of hydrogen-bond acceptors (Lipinski definition) is 6. The van der Waals surface area contributed by atoms with Crippen molar-refractivity contribution in [2.45, 2.75) is 19.9 Å². The highest BCUT2D eigenvalue weighted by molar-refractivity contribution is 7.15. The first kappa shape index (κ1) is 12.9. The van der Waals surface area contributed by atoms with Crippen LogP contribution < -0.4 is 10.1 Å². The molecular weight excluding hydrogens is 248 g/mol.